The van der Waals surface area contributed by atoms with Gasteiger partial charge < -0.3 is 29.7 Å². The van der Waals surface area contributed by atoms with E-state index in [-0.39, 0.29) is 70.6 Å². The van der Waals surface area contributed by atoms with E-state index < -0.39 is 48.2 Å². The first kappa shape index (κ1) is 35.4. The summed E-state index contributed by atoms with van der Waals surface area (Å²) in [6, 6.07) is 17.4. The molecule has 3 amide bonds. The highest BCUT2D eigenvalue weighted by atomic mass is 35.5. The minimum atomic E-state index is -1.61. The Morgan fingerprint density at radius 2 is 1.36 bits per heavy atom. The number of rotatable bonds is 12. The van der Waals surface area contributed by atoms with Crippen LogP contribution in [0.4, 0.5) is 4.79 Å². The molecule has 3 aromatic rings. The van der Waals surface area contributed by atoms with Gasteiger partial charge >= 0.3 is 6.09 Å². The fourth-order valence-electron chi connectivity index (χ4n) is 5.74. The predicted molar refractivity (Wildman–Crippen MR) is 176 cm³/mol. The number of nitrogens with one attached hydrogen (secondary N) is 1. The van der Waals surface area contributed by atoms with Crippen molar-refractivity contribution in [2.24, 2.45) is 5.92 Å². The lowest BCUT2D eigenvalue weighted by Gasteiger charge is -2.45. The average Bonchev–Trinajstić information content (AvgIpc) is 3.34. The lowest BCUT2D eigenvalue weighted by Crippen LogP contribution is -2.63. The zero-order chi connectivity index (χ0) is 33.7. The van der Waals surface area contributed by atoms with Crippen LogP contribution in [0.1, 0.15) is 44.7 Å². The molecule has 0 spiro atoms. The molecule has 3 aromatic carbocycles. The van der Waals surface area contributed by atoms with Crippen LogP contribution >= 0.6 is 46.4 Å². The van der Waals surface area contributed by atoms with Gasteiger partial charge in [-0.15, -0.1) is 0 Å². The molecular formula is C33H32Cl4N2O8. The van der Waals surface area contributed by atoms with E-state index >= 15 is 0 Å². The smallest absolute Gasteiger partial charge is 0.407 e. The first-order valence-electron chi connectivity index (χ1n) is 14.9. The molecule has 250 valence electrons. The van der Waals surface area contributed by atoms with Gasteiger partial charge in [0.25, 0.3) is 11.8 Å². The zero-order valence-corrected chi connectivity index (χ0v) is 27.9. The van der Waals surface area contributed by atoms with Crippen molar-refractivity contribution in [3.05, 3.63) is 103 Å². The van der Waals surface area contributed by atoms with Gasteiger partial charge in [-0.3, -0.25) is 14.5 Å². The number of carbonyl (C=O) groups is 3. The Balaban J connectivity index is 1.27. The van der Waals surface area contributed by atoms with E-state index in [1.807, 2.05) is 60.7 Å². The second-order valence-corrected chi connectivity index (χ2v) is 12.7. The second kappa shape index (κ2) is 16.0. The highest BCUT2D eigenvalue weighted by Gasteiger charge is 2.54. The quantitative estimate of drug-likeness (QED) is 0.0907. The van der Waals surface area contributed by atoms with Crippen LogP contribution in [0.25, 0.3) is 0 Å². The molecule has 1 saturated carbocycles. The molecule has 5 unspecified atom stereocenters. The summed E-state index contributed by atoms with van der Waals surface area (Å²) in [4.78, 5) is 40.3. The van der Waals surface area contributed by atoms with E-state index in [0.29, 0.717) is 6.42 Å². The Hall–Kier alpha value is -2.93. The fourth-order valence-corrected chi connectivity index (χ4v) is 6.76. The van der Waals surface area contributed by atoms with Crippen LogP contribution in [-0.4, -0.2) is 77.1 Å². The van der Waals surface area contributed by atoms with Crippen LogP contribution in [0.15, 0.2) is 60.7 Å². The van der Waals surface area contributed by atoms with E-state index in [1.54, 1.807) is 0 Å². The summed E-state index contributed by atoms with van der Waals surface area (Å²) >= 11 is 25.0. The predicted octanol–water partition coefficient (Wildman–Crippen LogP) is 5.93. The summed E-state index contributed by atoms with van der Waals surface area (Å²) in [6.45, 7) is 0.737. The maximum absolute atomic E-state index is 13.7. The fraction of sp³-hybridized carbons (Fsp3) is 0.364. The Labute approximate surface area is 291 Å². The number of fused-ring (bicyclic) bond motifs is 1. The Kier molecular flexibility index (Phi) is 12.0. The van der Waals surface area contributed by atoms with Crippen molar-refractivity contribution in [2.45, 2.75) is 50.4 Å². The number of hydrogen-bond acceptors (Lipinski definition) is 8. The molecule has 1 fully saturated rings. The molecule has 0 saturated heterocycles. The first-order valence-corrected chi connectivity index (χ1v) is 16.4. The van der Waals surface area contributed by atoms with Crippen molar-refractivity contribution in [2.75, 3.05) is 19.8 Å². The van der Waals surface area contributed by atoms with E-state index in [0.717, 1.165) is 16.0 Å². The van der Waals surface area contributed by atoms with Gasteiger partial charge in [-0.1, -0.05) is 107 Å². The number of amides is 3. The van der Waals surface area contributed by atoms with Crippen LogP contribution in [0, 0.1) is 5.92 Å². The summed E-state index contributed by atoms with van der Waals surface area (Å²) in [5.74, 6) is -2.32. The number of nitrogens with zero attached hydrogens (tertiary/aromatic N) is 1. The maximum Gasteiger partial charge on any atom is 0.407 e. The molecular weight excluding hydrogens is 694 g/mol. The third kappa shape index (κ3) is 7.87. The van der Waals surface area contributed by atoms with Crippen LogP contribution in [-0.2, 0) is 27.4 Å². The molecule has 1 heterocycles. The third-order valence-electron chi connectivity index (χ3n) is 8.11. The number of halogens is 4. The molecule has 47 heavy (non-hydrogen) atoms. The average molecular weight is 726 g/mol. The lowest BCUT2D eigenvalue weighted by atomic mass is 9.79. The Bertz CT molecular complexity index is 1550. The molecule has 10 nitrogen and oxygen atoms in total. The SMILES string of the molecule is O=C(NCCCOC1CC(COCc2ccccc2)C(O)C(O)C1N1C(=O)c2c(Cl)c(Cl)c(Cl)c(Cl)c2C1=O)OCc1ccccc1. The van der Waals surface area contributed by atoms with Crippen molar-refractivity contribution in [1.29, 1.82) is 0 Å². The minimum Gasteiger partial charge on any atom is -0.445 e. The first-order chi connectivity index (χ1) is 22.6. The molecule has 3 N–H and O–H groups in total. The molecule has 14 heteroatoms. The summed E-state index contributed by atoms with van der Waals surface area (Å²) in [7, 11) is 0. The minimum absolute atomic E-state index is 0.0690. The van der Waals surface area contributed by atoms with Gasteiger partial charge in [0, 0.05) is 19.1 Å². The third-order valence-corrected chi connectivity index (χ3v) is 9.91. The van der Waals surface area contributed by atoms with E-state index in [1.165, 1.54) is 0 Å². The number of carbonyl (C=O) groups excluding carboxylic acids is 3. The van der Waals surface area contributed by atoms with Crippen LogP contribution in [0.2, 0.25) is 20.1 Å². The summed E-state index contributed by atoms with van der Waals surface area (Å²) in [5.41, 5.74) is 1.28. The summed E-state index contributed by atoms with van der Waals surface area (Å²) in [5, 5.41) is 24.4. The van der Waals surface area contributed by atoms with Crippen molar-refractivity contribution < 1.29 is 38.8 Å². The monoisotopic (exact) mass is 724 g/mol. The van der Waals surface area contributed by atoms with E-state index in [2.05, 4.69) is 5.32 Å². The van der Waals surface area contributed by atoms with Gasteiger partial charge in [-0.2, -0.15) is 0 Å². The Morgan fingerprint density at radius 1 is 0.809 bits per heavy atom. The van der Waals surface area contributed by atoms with E-state index in [9.17, 15) is 24.6 Å². The number of alkyl carbamates (subject to hydrolysis) is 1. The molecule has 1 aliphatic heterocycles. The van der Waals surface area contributed by atoms with Gasteiger partial charge in [-0.05, 0) is 24.0 Å². The molecule has 0 bridgehead atoms. The van der Waals surface area contributed by atoms with Gasteiger partial charge in [0.15, 0.2) is 0 Å². The Morgan fingerprint density at radius 3 is 1.94 bits per heavy atom. The van der Waals surface area contributed by atoms with Crippen molar-refractivity contribution >= 4 is 64.3 Å². The molecule has 0 aromatic heterocycles. The van der Waals surface area contributed by atoms with Crippen LogP contribution in [0.3, 0.4) is 0 Å². The van der Waals surface area contributed by atoms with Gasteiger partial charge in [0.2, 0.25) is 0 Å². The van der Waals surface area contributed by atoms with Crippen LogP contribution < -0.4 is 5.32 Å². The van der Waals surface area contributed by atoms with Crippen molar-refractivity contribution in [3.8, 4) is 0 Å². The molecule has 0 radical (unpaired) electrons. The molecule has 1 aliphatic carbocycles. The highest BCUT2D eigenvalue weighted by molar-refractivity contribution is 6.55. The zero-order valence-electron chi connectivity index (χ0n) is 24.9. The number of aliphatic hydroxyl groups is 2. The number of hydrogen-bond donors (Lipinski definition) is 3. The maximum atomic E-state index is 13.7. The van der Waals surface area contributed by atoms with E-state index in [4.69, 9.17) is 60.6 Å². The second-order valence-electron chi connectivity index (χ2n) is 11.2. The van der Waals surface area contributed by atoms with Gasteiger partial charge in [0.05, 0.1) is 62.7 Å². The van der Waals surface area contributed by atoms with Crippen molar-refractivity contribution in [1.82, 2.24) is 10.2 Å². The number of ether oxygens (including phenoxy) is 3. The van der Waals surface area contributed by atoms with Crippen LogP contribution in [0.5, 0.6) is 0 Å². The molecule has 5 rings (SSSR count). The van der Waals surface area contributed by atoms with Crippen molar-refractivity contribution in [3.63, 3.8) is 0 Å². The highest BCUT2D eigenvalue weighted by Crippen LogP contribution is 2.46. The lowest BCUT2D eigenvalue weighted by molar-refractivity contribution is -0.150. The normalized spacial score (nSPS) is 22.3. The van der Waals surface area contributed by atoms with Gasteiger partial charge in [0.1, 0.15) is 12.7 Å². The number of imide groups is 1. The largest absolute Gasteiger partial charge is 0.445 e. The van der Waals surface area contributed by atoms with Gasteiger partial charge in [-0.25, -0.2) is 4.79 Å². The summed E-state index contributed by atoms with van der Waals surface area (Å²) in [6.07, 6.45) is -4.07. The molecule has 5 atom stereocenters. The summed E-state index contributed by atoms with van der Waals surface area (Å²) < 4.78 is 17.2. The molecule has 2 aliphatic rings. The topological polar surface area (TPSA) is 135 Å². The number of benzene rings is 3. The number of aliphatic hydroxyl groups excluding tert-OH is 2. The standard InChI is InChI=1S/C33H32Cl4N2O8/c34-24-22-23(25(35)27(37)26(24)36)32(43)39(31(22)42)28-21(46-13-7-12-38-33(44)47-16-19-10-5-2-6-11-19)14-20(29(40)30(28)41)17-45-15-18-8-3-1-4-9-18/h1-6,8-11,20-21,28-30,40-41H,7,12-17H2,(H,38,44).